The SMILES string of the molecule is COc1cc(NC(=O)c2ccc(Br)cc2Br)ccc1F. The molecule has 0 fully saturated rings. The summed E-state index contributed by atoms with van der Waals surface area (Å²) in [7, 11) is 1.37. The van der Waals surface area contributed by atoms with Gasteiger partial charge in [0.25, 0.3) is 5.91 Å². The van der Waals surface area contributed by atoms with Gasteiger partial charge in [-0.15, -0.1) is 0 Å². The molecule has 0 bridgehead atoms. The van der Waals surface area contributed by atoms with Crippen LogP contribution in [0.2, 0.25) is 0 Å². The Kier molecular flexibility index (Phi) is 4.77. The van der Waals surface area contributed by atoms with Crippen molar-refractivity contribution in [2.45, 2.75) is 0 Å². The van der Waals surface area contributed by atoms with Gasteiger partial charge in [0.15, 0.2) is 11.6 Å². The predicted molar refractivity (Wildman–Crippen MR) is 82.7 cm³/mol. The fourth-order valence-electron chi connectivity index (χ4n) is 1.61. The summed E-state index contributed by atoms with van der Waals surface area (Å²) in [6.45, 7) is 0. The molecule has 2 aromatic carbocycles. The summed E-state index contributed by atoms with van der Waals surface area (Å²) in [5.74, 6) is -0.689. The molecule has 2 rings (SSSR count). The van der Waals surface area contributed by atoms with Crippen molar-refractivity contribution in [3.05, 3.63) is 56.7 Å². The van der Waals surface area contributed by atoms with Gasteiger partial charge in [-0.25, -0.2) is 4.39 Å². The number of benzene rings is 2. The number of anilines is 1. The first-order valence-corrected chi connectivity index (χ1v) is 7.20. The minimum absolute atomic E-state index is 0.0812. The average Bonchev–Trinajstić information content (AvgIpc) is 2.40. The minimum atomic E-state index is -0.477. The molecule has 0 unspecified atom stereocenters. The van der Waals surface area contributed by atoms with Crippen LogP contribution in [0.3, 0.4) is 0 Å². The molecule has 20 heavy (non-hydrogen) atoms. The largest absolute Gasteiger partial charge is 0.494 e. The summed E-state index contributed by atoms with van der Waals surface area (Å²) in [6, 6.07) is 9.38. The average molecular weight is 403 g/mol. The van der Waals surface area contributed by atoms with Crippen LogP contribution < -0.4 is 10.1 Å². The Labute approximate surface area is 132 Å². The molecule has 0 aliphatic heterocycles. The van der Waals surface area contributed by atoms with Crippen LogP contribution in [-0.2, 0) is 0 Å². The van der Waals surface area contributed by atoms with E-state index in [4.69, 9.17) is 4.74 Å². The van der Waals surface area contributed by atoms with Crippen molar-refractivity contribution >= 4 is 43.5 Å². The van der Waals surface area contributed by atoms with Gasteiger partial charge in [0.1, 0.15) is 0 Å². The molecule has 0 aliphatic carbocycles. The standard InChI is InChI=1S/C14H10Br2FNO2/c1-20-13-7-9(3-5-12(13)17)18-14(19)10-4-2-8(15)6-11(10)16/h2-7H,1H3,(H,18,19). The Morgan fingerprint density at radius 3 is 2.60 bits per heavy atom. The maximum absolute atomic E-state index is 13.3. The number of hydrogen-bond acceptors (Lipinski definition) is 2. The third-order valence-corrected chi connectivity index (χ3v) is 3.73. The monoisotopic (exact) mass is 401 g/mol. The Bertz CT molecular complexity index is 662. The lowest BCUT2D eigenvalue weighted by Crippen LogP contribution is -2.12. The lowest BCUT2D eigenvalue weighted by atomic mass is 10.2. The Morgan fingerprint density at radius 1 is 1.20 bits per heavy atom. The Hall–Kier alpha value is -1.40. The van der Waals surface area contributed by atoms with Gasteiger partial charge in [-0.3, -0.25) is 4.79 Å². The molecule has 0 saturated heterocycles. The number of ether oxygens (including phenoxy) is 1. The number of nitrogens with one attached hydrogen (secondary N) is 1. The predicted octanol–water partition coefficient (Wildman–Crippen LogP) is 4.61. The highest BCUT2D eigenvalue weighted by atomic mass is 79.9. The van der Waals surface area contributed by atoms with Crippen LogP contribution in [0.1, 0.15) is 10.4 Å². The van der Waals surface area contributed by atoms with E-state index in [0.717, 1.165) is 4.47 Å². The third kappa shape index (κ3) is 3.37. The van der Waals surface area contributed by atoms with Crippen molar-refractivity contribution in [2.75, 3.05) is 12.4 Å². The molecule has 0 saturated carbocycles. The van der Waals surface area contributed by atoms with E-state index >= 15 is 0 Å². The second-order valence-corrected chi connectivity index (χ2v) is 5.70. The van der Waals surface area contributed by atoms with Crippen LogP contribution in [-0.4, -0.2) is 13.0 Å². The van der Waals surface area contributed by atoms with E-state index in [0.29, 0.717) is 15.7 Å². The zero-order chi connectivity index (χ0) is 14.7. The summed E-state index contributed by atoms with van der Waals surface area (Å²) in [4.78, 5) is 12.1. The molecule has 0 atom stereocenters. The maximum atomic E-state index is 13.3. The molecule has 6 heteroatoms. The lowest BCUT2D eigenvalue weighted by Gasteiger charge is -2.09. The molecular formula is C14H10Br2FNO2. The Morgan fingerprint density at radius 2 is 1.95 bits per heavy atom. The molecule has 1 amide bonds. The van der Waals surface area contributed by atoms with Gasteiger partial charge < -0.3 is 10.1 Å². The number of amides is 1. The first-order valence-electron chi connectivity index (χ1n) is 5.61. The highest BCUT2D eigenvalue weighted by molar-refractivity contribution is 9.11. The van der Waals surface area contributed by atoms with Gasteiger partial charge in [-0.1, -0.05) is 15.9 Å². The molecule has 0 spiro atoms. The van der Waals surface area contributed by atoms with Crippen LogP contribution in [0, 0.1) is 5.82 Å². The molecule has 0 radical (unpaired) electrons. The molecule has 0 heterocycles. The van der Waals surface area contributed by atoms with Gasteiger partial charge >= 0.3 is 0 Å². The number of halogens is 3. The first-order chi connectivity index (χ1) is 9.51. The zero-order valence-corrected chi connectivity index (χ0v) is 13.6. The second kappa shape index (κ2) is 6.37. The highest BCUT2D eigenvalue weighted by Crippen LogP contribution is 2.25. The molecule has 1 N–H and O–H groups in total. The van der Waals surface area contributed by atoms with Crippen molar-refractivity contribution in [3.63, 3.8) is 0 Å². The van der Waals surface area contributed by atoms with Crippen molar-refractivity contribution in [2.24, 2.45) is 0 Å². The van der Waals surface area contributed by atoms with E-state index in [-0.39, 0.29) is 11.7 Å². The minimum Gasteiger partial charge on any atom is -0.494 e. The van der Waals surface area contributed by atoms with Gasteiger partial charge in [-0.2, -0.15) is 0 Å². The normalized spacial score (nSPS) is 10.2. The van der Waals surface area contributed by atoms with E-state index in [9.17, 15) is 9.18 Å². The second-order valence-electron chi connectivity index (χ2n) is 3.93. The number of rotatable bonds is 3. The number of hydrogen-bond donors (Lipinski definition) is 1. The third-order valence-electron chi connectivity index (χ3n) is 2.58. The summed E-state index contributed by atoms with van der Waals surface area (Å²) in [6.07, 6.45) is 0. The molecule has 2 aromatic rings. The molecule has 0 aliphatic rings. The van der Waals surface area contributed by atoms with Crippen molar-refractivity contribution < 1.29 is 13.9 Å². The summed E-state index contributed by atoms with van der Waals surface area (Å²) in [5, 5.41) is 2.69. The van der Waals surface area contributed by atoms with E-state index in [2.05, 4.69) is 37.2 Å². The van der Waals surface area contributed by atoms with Crippen LogP contribution >= 0.6 is 31.9 Å². The molecule has 0 aromatic heterocycles. The fraction of sp³-hybridized carbons (Fsp3) is 0.0714. The van der Waals surface area contributed by atoms with Crippen LogP contribution in [0.15, 0.2) is 45.3 Å². The van der Waals surface area contributed by atoms with E-state index in [1.807, 2.05) is 0 Å². The van der Waals surface area contributed by atoms with E-state index in [1.54, 1.807) is 18.2 Å². The number of carbonyl (C=O) groups is 1. The lowest BCUT2D eigenvalue weighted by molar-refractivity contribution is 0.102. The van der Waals surface area contributed by atoms with Gasteiger partial charge in [0.05, 0.1) is 12.7 Å². The van der Waals surface area contributed by atoms with Crippen LogP contribution in [0.4, 0.5) is 10.1 Å². The van der Waals surface area contributed by atoms with E-state index < -0.39 is 5.82 Å². The summed E-state index contributed by atoms with van der Waals surface area (Å²) < 4.78 is 19.7. The highest BCUT2D eigenvalue weighted by Gasteiger charge is 2.12. The fourth-order valence-corrected chi connectivity index (χ4v) is 2.84. The molecule has 3 nitrogen and oxygen atoms in total. The van der Waals surface area contributed by atoms with E-state index in [1.165, 1.54) is 25.3 Å². The van der Waals surface area contributed by atoms with Gasteiger partial charge in [-0.05, 0) is 46.3 Å². The zero-order valence-electron chi connectivity index (χ0n) is 10.4. The van der Waals surface area contributed by atoms with Crippen molar-refractivity contribution in [1.29, 1.82) is 0 Å². The first kappa shape index (κ1) is 15.0. The van der Waals surface area contributed by atoms with Crippen LogP contribution in [0.25, 0.3) is 0 Å². The number of carbonyl (C=O) groups excluding carboxylic acids is 1. The van der Waals surface area contributed by atoms with Crippen molar-refractivity contribution in [3.8, 4) is 5.75 Å². The molecule has 104 valence electrons. The van der Waals surface area contributed by atoms with Gasteiger partial charge in [0.2, 0.25) is 0 Å². The quantitative estimate of drug-likeness (QED) is 0.813. The van der Waals surface area contributed by atoms with Crippen molar-refractivity contribution in [1.82, 2.24) is 0 Å². The smallest absolute Gasteiger partial charge is 0.256 e. The maximum Gasteiger partial charge on any atom is 0.256 e. The molecular weight excluding hydrogens is 393 g/mol. The number of methoxy groups -OCH3 is 1. The topological polar surface area (TPSA) is 38.3 Å². The Balaban J connectivity index is 2.23. The van der Waals surface area contributed by atoms with Crippen LogP contribution in [0.5, 0.6) is 5.75 Å². The summed E-state index contributed by atoms with van der Waals surface area (Å²) in [5.41, 5.74) is 0.944. The van der Waals surface area contributed by atoms with Gasteiger partial charge in [0, 0.05) is 20.7 Å². The summed E-state index contributed by atoms with van der Waals surface area (Å²) >= 11 is 6.64.